The molecule has 1 N–H and O–H groups in total. The highest BCUT2D eigenvalue weighted by Gasteiger charge is 2.10. The zero-order valence-electron chi connectivity index (χ0n) is 12.4. The molecular weight excluding hydrogens is 280 g/mol. The fraction of sp³-hybridized carbons (Fsp3) is 0.235. The lowest BCUT2D eigenvalue weighted by Crippen LogP contribution is -2.12. The van der Waals surface area contributed by atoms with Gasteiger partial charge in [-0.3, -0.25) is 14.9 Å². The first-order chi connectivity index (χ1) is 10.6. The molecule has 22 heavy (non-hydrogen) atoms. The van der Waals surface area contributed by atoms with Gasteiger partial charge >= 0.3 is 0 Å². The van der Waals surface area contributed by atoms with E-state index in [1.54, 1.807) is 13.0 Å². The Balaban J connectivity index is 1.85. The molecule has 0 heterocycles. The topological polar surface area (TPSA) is 72.2 Å². The van der Waals surface area contributed by atoms with Gasteiger partial charge in [0.2, 0.25) is 5.91 Å². The van der Waals surface area contributed by atoms with Crippen molar-refractivity contribution in [3.63, 3.8) is 0 Å². The number of hydrogen-bond donors (Lipinski definition) is 1. The van der Waals surface area contributed by atoms with Crippen LogP contribution in [0.1, 0.15) is 24.0 Å². The molecule has 0 radical (unpaired) electrons. The summed E-state index contributed by atoms with van der Waals surface area (Å²) in [6.45, 7) is 1.74. The molecule has 0 aromatic heterocycles. The summed E-state index contributed by atoms with van der Waals surface area (Å²) in [4.78, 5) is 22.2. The first-order valence-corrected chi connectivity index (χ1v) is 7.15. The second-order valence-corrected chi connectivity index (χ2v) is 5.14. The van der Waals surface area contributed by atoms with Crippen LogP contribution < -0.4 is 5.32 Å². The van der Waals surface area contributed by atoms with E-state index in [1.165, 1.54) is 17.7 Å². The Bertz CT molecular complexity index is 669. The molecule has 114 valence electrons. The molecular formula is C17H18N2O3. The number of hydrogen-bond acceptors (Lipinski definition) is 3. The molecule has 0 aliphatic rings. The summed E-state index contributed by atoms with van der Waals surface area (Å²) in [6.07, 6.45) is 2.04. The SMILES string of the molecule is Cc1cc([N+](=O)[O-])ccc1NC(=O)CCCc1ccccc1. The average Bonchev–Trinajstić information content (AvgIpc) is 2.50. The molecule has 2 aromatic carbocycles. The minimum atomic E-state index is -0.446. The summed E-state index contributed by atoms with van der Waals surface area (Å²) >= 11 is 0. The molecule has 0 bridgehead atoms. The van der Waals surface area contributed by atoms with Gasteiger partial charge in [-0.05, 0) is 37.0 Å². The number of nitrogens with one attached hydrogen (secondary N) is 1. The van der Waals surface area contributed by atoms with Gasteiger partial charge < -0.3 is 5.32 Å². The van der Waals surface area contributed by atoms with Crippen molar-refractivity contribution in [2.45, 2.75) is 26.2 Å². The van der Waals surface area contributed by atoms with Crippen molar-refractivity contribution in [2.75, 3.05) is 5.32 Å². The van der Waals surface area contributed by atoms with Crippen LogP contribution in [-0.4, -0.2) is 10.8 Å². The number of nitro groups is 1. The van der Waals surface area contributed by atoms with Crippen molar-refractivity contribution in [1.29, 1.82) is 0 Å². The molecule has 0 spiro atoms. The van der Waals surface area contributed by atoms with E-state index in [9.17, 15) is 14.9 Å². The third-order valence-corrected chi connectivity index (χ3v) is 3.41. The number of non-ortho nitro benzene ring substituents is 1. The number of carbonyl (C=O) groups is 1. The van der Waals surface area contributed by atoms with E-state index in [-0.39, 0.29) is 11.6 Å². The molecule has 0 saturated heterocycles. The monoisotopic (exact) mass is 298 g/mol. The van der Waals surface area contributed by atoms with Gasteiger partial charge in [0, 0.05) is 24.2 Å². The molecule has 5 heteroatoms. The number of nitrogens with zero attached hydrogens (tertiary/aromatic N) is 1. The summed E-state index contributed by atoms with van der Waals surface area (Å²) in [5, 5.41) is 13.5. The average molecular weight is 298 g/mol. The Morgan fingerprint density at radius 3 is 2.55 bits per heavy atom. The fourth-order valence-corrected chi connectivity index (χ4v) is 2.21. The smallest absolute Gasteiger partial charge is 0.269 e. The molecule has 0 unspecified atom stereocenters. The zero-order valence-corrected chi connectivity index (χ0v) is 12.4. The molecule has 2 aromatic rings. The van der Waals surface area contributed by atoms with Gasteiger partial charge in [0.05, 0.1) is 4.92 Å². The van der Waals surface area contributed by atoms with Crippen LogP contribution in [0.2, 0.25) is 0 Å². The van der Waals surface area contributed by atoms with E-state index in [2.05, 4.69) is 5.32 Å². The van der Waals surface area contributed by atoms with Crippen LogP contribution >= 0.6 is 0 Å². The van der Waals surface area contributed by atoms with Gasteiger partial charge in [-0.15, -0.1) is 0 Å². The maximum absolute atomic E-state index is 11.9. The standard InChI is InChI=1S/C17H18N2O3/c1-13-12-15(19(21)22)10-11-16(13)18-17(20)9-5-8-14-6-3-2-4-7-14/h2-4,6-7,10-12H,5,8-9H2,1H3,(H,18,20). The lowest BCUT2D eigenvalue weighted by atomic mass is 10.1. The van der Waals surface area contributed by atoms with E-state index in [1.807, 2.05) is 30.3 Å². The Hall–Kier alpha value is -2.69. The number of carbonyl (C=O) groups excluding carboxylic acids is 1. The molecule has 0 aliphatic carbocycles. The van der Waals surface area contributed by atoms with Gasteiger partial charge in [0.25, 0.3) is 5.69 Å². The highest BCUT2D eigenvalue weighted by Crippen LogP contribution is 2.21. The Kier molecular flexibility index (Phi) is 5.25. The van der Waals surface area contributed by atoms with Crippen molar-refractivity contribution in [1.82, 2.24) is 0 Å². The second-order valence-electron chi connectivity index (χ2n) is 5.14. The third-order valence-electron chi connectivity index (χ3n) is 3.41. The lowest BCUT2D eigenvalue weighted by Gasteiger charge is -2.08. The summed E-state index contributed by atoms with van der Waals surface area (Å²) in [5.74, 6) is -0.0760. The molecule has 2 rings (SSSR count). The largest absolute Gasteiger partial charge is 0.326 e. The Labute approximate surface area is 129 Å². The van der Waals surface area contributed by atoms with E-state index >= 15 is 0 Å². The van der Waals surface area contributed by atoms with Gasteiger partial charge in [0.1, 0.15) is 0 Å². The number of anilines is 1. The number of nitro benzene ring substituents is 1. The maximum atomic E-state index is 11.9. The van der Waals surface area contributed by atoms with Crippen LogP contribution in [0.5, 0.6) is 0 Å². The van der Waals surface area contributed by atoms with Crippen molar-refractivity contribution in [3.05, 3.63) is 69.8 Å². The highest BCUT2D eigenvalue weighted by molar-refractivity contribution is 5.91. The van der Waals surface area contributed by atoms with Gasteiger partial charge in [-0.2, -0.15) is 0 Å². The predicted octanol–water partition coefficient (Wildman–Crippen LogP) is 3.86. The predicted molar refractivity (Wildman–Crippen MR) is 85.8 cm³/mol. The molecule has 1 amide bonds. The van der Waals surface area contributed by atoms with E-state index in [4.69, 9.17) is 0 Å². The van der Waals surface area contributed by atoms with Gasteiger partial charge in [0.15, 0.2) is 0 Å². The molecule has 0 saturated carbocycles. The maximum Gasteiger partial charge on any atom is 0.269 e. The minimum Gasteiger partial charge on any atom is -0.326 e. The Morgan fingerprint density at radius 1 is 1.18 bits per heavy atom. The molecule has 0 fully saturated rings. The van der Waals surface area contributed by atoms with Crippen molar-refractivity contribution in [3.8, 4) is 0 Å². The summed E-state index contributed by atoms with van der Waals surface area (Å²) in [6, 6.07) is 14.4. The quantitative estimate of drug-likeness (QED) is 0.650. The van der Waals surface area contributed by atoms with Crippen LogP contribution in [0.15, 0.2) is 48.5 Å². The summed E-state index contributed by atoms with van der Waals surface area (Å²) in [7, 11) is 0. The van der Waals surface area contributed by atoms with Crippen molar-refractivity contribution in [2.24, 2.45) is 0 Å². The normalized spacial score (nSPS) is 10.2. The van der Waals surface area contributed by atoms with E-state index < -0.39 is 4.92 Å². The van der Waals surface area contributed by atoms with Gasteiger partial charge in [-0.1, -0.05) is 30.3 Å². The second kappa shape index (κ2) is 7.36. The lowest BCUT2D eigenvalue weighted by molar-refractivity contribution is -0.384. The first kappa shape index (κ1) is 15.7. The summed E-state index contributed by atoms with van der Waals surface area (Å²) in [5.41, 5.74) is 2.54. The molecule has 0 aliphatic heterocycles. The van der Waals surface area contributed by atoms with Crippen molar-refractivity contribution < 1.29 is 9.72 Å². The fourth-order valence-electron chi connectivity index (χ4n) is 2.21. The van der Waals surface area contributed by atoms with Crippen molar-refractivity contribution >= 4 is 17.3 Å². The summed E-state index contributed by atoms with van der Waals surface area (Å²) < 4.78 is 0. The third kappa shape index (κ3) is 4.41. The Morgan fingerprint density at radius 2 is 1.91 bits per heavy atom. The number of amides is 1. The minimum absolute atomic E-state index is 0.0274. The van der Waals surface area contributed by atoms with Crippen LogP contribution in [-0.2, 0) is 11.2 Å². The van der Waals surface area contributed by atoms with Crippen LogP contribution in [0, 0.1) is 17.0 Å². The van der Waals surface area contributed by atoms with E-state index in [0.717, 1.165) is 12.8 Å². The van der Waals surface area contributed by atoms with E-state index in [0.29, 0.717) is 17.7 Å². The van der Waals surface area contributed by atoms with Gasteiger partial charge in [-0.25, -0.2) is 0 Å². The first-order valence-electron chi connectivity index (χ1n) is 7.15. The number of benzene rings is 2. The number of rotatable bonds is 6. The molecule has 0 atom stereocenters. The highest BCUT2D eigenvalue weighted by atomic mass is 16.6. The zero-order chi connectivity index (χ0) is 15.9. The van der Waals surface area contributed by atoms with Crippen LogP contribution in [0.25, 0.3) is 0 Å². The van der Waals surface area contributed by atoms with Crippen LogP contribution in [0.3, 0.4) is 0 Å². The molecule has 5 nitrogen and oxygen atoms in total. The van der Waals surface area contributed by atoms with Crippen LogP contribution in [0.4, 0.5) is 11.4 Å². The number of aryl methyl sites for hydroxylation is 2.